The highest BCUT2D eigenvalue weighted by Crippen LogP contribution is 2.36. The van der Waals surface area contributed by atoms with Gasteiger partial charge in [0.15, 0.2) is 0 Å². The van der Waals surface area contributed by atoms with Crippen molar-refractivity contribution in [3.8, 4) is 11.3 Å². The van der Waals surface area contributed by atoms with Crippen molar-refractivity contribution in [3.63, 3.8) is 0 Å². The van der Waals surface area contributed by atoms with Crippen LogP contribution in [0.2, 0.25) is 5.02 Å². The summed E-state index contributed by atoms with van der Waals surface area (Å²) in [6.45, 7) is 0.822. The Balaban J connectivity index is 2.05. The summed E-state index contributed by atoms with van der Waals surface area (Å²) < 4.78 is 4.33. The van der Waals surface area contributed by atoms with Gasteiger partial charge in [0.25, 0.3) is 0 Å². The van der Waals surface area contributed by atoms with Crippen LogP contribution in [-0.4, -0.2) is 4.57 Å². The van der Waals surface area contributed by atoms with Gasteiger partial charge in [0.1, 0.15) is 0 Å². The van der Waals surface area contributed by atoms with Gasteiger partial charge in [0.05, 0.1) is 14.6 Å². The van der Waals surface area contributed by atoms with Crippen LogP contribution in [-0.2, 0) is 6.54 Å². The molecule has 0 aliphatic heterocycles. The lowest BCUT2D eigenvalue weighted by Gasteiger charge is -2.10. The molecule has 106 valence electrons. The fraction of sp³-hybridized carbons (Fsp3) is 0.0588. The Labute approximate surface area is 145 Å². The van der Waals surface area contributed by atoms with Crippen LogP contribution in [0.1, 0.15) is 5.56 Å². The normalized spacial score (nSPS) is 10.8. The second-order valence-electron chi connectivity index (χ2n) is 4.76. The molecule has 0 bridgehead atoms. The number of aromatic nitrogens is 1. The Morgan fingerprint density at radius 1 is 0.905 bits per heavy atom. The Morgan fingerprint density at radius 3 is 2.24 bits per heavy atom. The third-order valence-corrected chi connectivity index (χ3v) is 5.48. The van der Waals surface area contributed by atoms with Crippen LogP contribution in [0.3, 0.4) is 0 Å². The highest BCUT2D eigenvalue weighted by atomic mass is 79.9. The molecule has 0 saturated heterocycles. The van der Waals surface area contributed by atoms with Gasteiger partial charge in [0.2, 0.25) is 0 Å². The third kappa shape index (κ3) is 3.25. The summed E-state index contributed by atoms with van der Waals surface area (Å²) in [4.78, 5) is 0. The van der Waals surface area contributed by atoms with E-state index in [4.69, 9.17) is 11.6 Å². The van der Waals surface area contributed by atoms with E-state index in [1.165, 1.54) is 5.56 Å². The molecule has 0 saturated carbocycles. The molecule has 0 fully saturated rings. The average Bonchev–Trinajstić information content (AvgIpc) is 2.76. The minimum Gasteiger partial charge on any atom is -0.341 e. The smallest absolute Gasteiger partial charge is 0.0639 e. The van der Waals surface area contributed by atoms with Crippen molar-refractivity contribution >= 4 is 43.5 Å². The van der Waals surface area contributed by atoms with Crippen LogP contribution in [0.5, 0.6) is 0 Å². The monoisotopic (exact) mass is 423 g/mol. The maximum atomic E-state index is 5.99. The van der Waals surface area contributed by atoms with Gasteiger partial charge < -0.3 is 4.57 Å². The first kappa shape index (κ1) is 14.9. The zero-order valence-electron chi connectivity index (χ0n) is 11.1. The lowest BCUT2D eigenvalue weighted by molar-refractivity contribution is 0.812. The minimum absolute atomic E-state index is 0.745. The van der Waals surface area contributed by atoms with E-state index in [2.05, 4.69) is 66.9 Å². The molecule has 3 rings (SSSR count). The maximum Gasteiger partial charge on any atom is 0.0639 e. The molecule has 0 radical (unpaired) electrons. The molecule has 0 spiro atoms. The molecule has 2 aromatic carbocycles. The zero-order chi connectivity index (χ0) is 14.8. The fourth-order valence-electron chi connectivity index (χ4n) is 2.30. The lowest BCUT2D eigenvalue weighted by atomic mass is 10.1. The molecule has 21 heavy (non-hydrogen) atoms. The van der Waals surface area contributed by atoms with E-state index in [1.54, 1.807) is 0 Å². The first-order valence-electron chi connectivity index (χ1n) is 6.49. The molecular formula is C17H12Br2ClN. The maximum absolute atomic E-state index is 5.99. The van der Waals surface area contributed by atoms with Crippen LogP contribution in [0, 0.1) is 0 Å². The molecule has 0 aliphatic rings. The molecule has 1 aromatic heterocycles. The standard InChI is InChI=1S/C17H12Br2ClN/c18-15-11-21(10-12-4-2-1-3-5-12)17(16(15)19)13-6-8-14(20)9-7-13/h1-9,11H,10H2. The van der Waals surface area contributed by atoms with E-state index in [1.807, 2.05) is 30.3 Å². The summed E-state index contributed by atoms with van der Waals surface area (Å²) in [5, 5.41) is 0.745. The number of rotatable bonds is 3. The van der Waals surface area contributed by atoms with Gasteiger partial charge in [-0.25, -0.2) is 0 Å². The van der Waals surface area contributed by atoms with Crippen LogP contribution in [0.4, 0.5) is 0 Å². The molecular weight excluding hydrogens is 413 g/mol. The van der Waals surface area contributed by atoms with E-state index in [-0.39, 0.29) is 0 Å². The Morgan fingerprint density at radius 2 is 1.57 bits per heavy atom. The van der Waals surface area contributed by atoms with E-state index >= 15 is 0 Å². The summed E-state index contributed by atoms with van der Waals surface area (Å²) in [5.41, 5.74) is 3.54. The second kappa shape index (κ2) is 6.39. The van der Waals surface area contributed by atoms with Gasteiger partial charge >= 0.3 is 0 Å². The predicted octanol–water partition coefficient (Wildman–Crippen LogP) is 6.38. The SMILES string of the molecule is Clc1ccc(-c2c(Br)c(Br)cn2Cc2ccccc2)cc1. The Kier molecular flexibility index (Phi) is 4.53. The molecule has 0 amide bonds. The van der Waals surface area contributed by atoms with Gasteiger partial charge in [0, 0.05) is 17.8 Å². The van der Waals surface area contributed by atoms with Gasteiger partial charge in [-0.2, -0.15) is 0 Å². The molecule has 1 nitrogen and oxygen atoms in total. The summed E-state index contributed by atoms with van der Waals surface area (Å²) in [5.74, 6) is 0. The summed E-state index contributed by atoms with van der Waals surface area (Å²) in [6, 6.07) is 18.3. The van der Waals surface area contributed by atoms with Crippen LogP contribution < -0.4 is 0 Å². The molecule has 4 heteroatoms. The van der Waals surface area contributed by atoms with E-state index < -0.39 is 0 Å². The zero-order valence-corrected chi connectivity index (χ0v) is 15.0. The van der Waals surface area contributed by atoms with Crippen molar-refractivity contribution in [2.45, 2.75) is 6.54 Å². The van der Waals surface area contributed by atoms with Crippen molar-refractivity contribution in [3.05, 3.63) is 80.3 Å². The van der Waals surface area contributed by atoms with Gasteiger partial charge in [-0.05, 0) is 55.1 Å². The van der Waals surface area contributed by atoms with Crippen molar-refractivity contribution < 1.29 is 0 Å². The van der Waals surface area contributed by atoms with Crippen molar-refractivity contribution in [1.29, 1.82) is 0 Å². The Bertz CT molecular complexity index is 748. The van der Waals surface area contributed by atoms with Crippen LogP contribution in [0.15, 0.2) is 69.7 Å². The summed E-state index contributed by atoms with van der Waals surface area (Å²) in [7, 11) is 0. The minimum atomic E-state index is 0.745. The lowest BCUT2D eigenvalue weighted by Crippen LogP contribution is -2.00. The van der Waals surface area contributed by atoms with Crippen LogP contribution in [0.25, 0.3) is 11.3 Å². The van der Waals surface area contributed by atoms with Gasteiger partial charge in [-0.1, -0.05) is 54.1 Å². The fourth-order valence-corrected chi connectivity index (χ4v) is 3.42. The summed E-state index contributed by atoms with van der Waals surface area (Å²) >= 11 is 13.3. The quantitative estimate of drug-likeness (QED) is 0.459. The van der Waals surface area contributed by atoms with Crippen molar-refractivity contribution in [1.82, 2.24) is 4.57 Å². The molecule has 1 heterocycles. The molecule has 0 aliphatic carbocycles. The van der Waals surface area contributed by atoms with Crippen molar-refractivity contribution in [2.75, 3.05) is 0 Å². The van der Waals surface area contributed by atoms with Crippen LogP contribution >= 0.6 is 43.5 Å². The van der Waals surface area contributed by atoms with E-state index in [0.29, 0.717) is 0 Å². The van der Waals surface area contributed by atoms with Gasteiger partial charge in [-0.3, -0.25) is 0 Å². The third-order valence-electron chi connectivity index (χ3n) is 3.29. The predicted molar refractivity (Wildman–Crippen MR) is 95.8 cm³/mol. The van der Waals surface area contributed by atoms with E-state index in [0.717, 1.165) is 31.8 Å². The largest absolute Gasteiger partial charge is 0.341 e. The molecule has 3 aromatic rings. The highest BCUT2D eigenvalue weighted by molar-refractivity contribution is 9.13. The Hall–Kier alpha value is -1.03. The number of hydrogen-bond donors (Lipinski definition) is 0. The first-order chi connectivity index (χ1) is 10.1. The van der Waals surface area contributed by atoms with Crippen molar-refractivity contribution in [2.24, 2.45) is 0 Å². The van der Waals surface area contributed by atoms with Gasteiger partial charge in [-0.15, -0.1) is 0 Å². The molecule has 0 N–H and O–H groups in total. The highest BCUT2D eigenvalue weighted by Gasteiger charge is 2.14. The molecule has 0 atom stereocenters. The summed E-state index contributed by atoms with van der Waals surface area (Å²) in [6.07, 6.45) is 2.10. The molecule has 0 unspecified atom stereocenters. The number of halogens is 3. The topological polar surface area (TPSA) is 4.93 Å². The number of nitrogens with zero attached hydrogens (tertiary/aromatic N) is 1. The number of benzene rings is 2. The second-order valence-corrected chi connectivity index (χ2v) is 6.84. The average molecular weight is 426 g/mol. The van der Waals surface area contributed by atoms with E-state index in [9.17, 15) is 0 Å². The first-order valence-corrected chi connectivity index (χ1v) is 8.45. The number of hydrogen-bond acceptors (Lipinski definition) is 0.